The fourth-order valence-electron chi connectivity index (χ4n) is 1.73. The van der Waals surface area contributed by atoms with Gasteiger partial charge in [0.05, 0.1) is 10.9 Å². The molecule has 0 radical (unpaired) electrons. The van der Waals surface area contributed by atoms with E-state index in [-0.39, 0.29) is 17.9 Å². The Balaban J connectivity index is 2.03. The van der Waals surface area contributed by atoms with E-state index in [4.69, 9.17) is 17.3 Å². The number of anilines is 1. The first-order valence-electron chi connectivity index (χ1n) is 5.26. The number of nitrogens with one attached hydrogen (secondary N) is 1. The van der Waals surface area contributed by atoms with E-state index in [1.807, 2.05) is 12.2 Å². The monoisotopic (exact) mass is 314 g/mol. The third kappa shape index (κ3) is 3.09. The Labute approximate surface area is 113 Å². The van der Waals surface area contributed by atoms with Crippen LogP contribution in [-0.2, 0) is 4.79 Å². The summed E-state index contributed by atoms with van der Waals surface area (Å²) in [6.07, 6.45) is 4.38. The predicted octanol–water partition coefficient (Wildman–Crippen LogP) is 2.94. The molecule has 0 saturated heterocycles. The number of hydrogen-bond donors (Lipinski definition) is 2. The van der Waals surface area contributed by atoms with Crippen molar-refractivity contribution in [2.45, 2.75) is 12.5 Å². The second-order valence-electron chi connectivity index (χ2n) is 4.01. The van der Waals surface area contributed by atoms with E-state index in [0.717, 1.165) is 10.2 Å². The Morgan fingerprint density at radius 2 is 2.24 bits per heavy atom. The number of hydrogen-bond acceptors (Lipinski definition) is 2. The summed E-state index contributed by atoms with van der Waals surface area (Å²) in [4.78, 5) is 11.9. The first kappa shape index (κ1) is 12.6. The fraction of sp³-hybridized carbons (Fsp3) is 0.250. The summed E-state index contributed by atoms with van der Waals surface area (Å²) >= 11 is 9.19. The number of halogens is 2. The van der Waals surface area contributed by atoms with Crippen molar-refractivity contribution in [3.05, 3.63) is 39.8 Å². The van der Waals surface area contributed by atoms with E-state index in [2.05, 4.69) is 21.2 Å². The molecule has 0 aliphatic heterocycles. The van der Waals surface area contributed by atoms with Crippen LogP contribution < -0.4 is 11.1 Å². The zero-order valence-corrected chi connectivity index (χ0v) is 11.3. The van der Waals surface area contributed by atoms with Crippen LogP contribution in [0.4, 0.5) is 5.69 Å². The third-order valence-electron chi connectivity index (χ3n) is 2.64. The van der Waals surface area contributed by atoms with Crippen LogP contribution in [0, 0.1) is 5.92 Å². The van der Waals surface area contributed by atoms with Crippen molar-refractivity contribution in [1.29, 1.82) is 0 Å². The minimum Gasteiger partial charge on any atom is -0.326 e. The molecule has 2 atom stereocenters. The maximum atomic E-state index is 11.9. The highest BCUT2D eigenvalue weighted by Gasteiger charge is 2.22. The molecule has 17 heavy (non-hydrogen) atoms. The first-order chi connectivity index (χ1) is 8.06. The van der Waals surface area contributed by atoms with E-state index in [9.17, 15) is 4.79 Å². The van der Waals surface area contributed by atoms with Crippen LogP contribution in [0.15, 0.2) is 34.8 Å². The van der Waals surface area contributed by atoms with Crippen LogP contribution in [0.3, 0.4) is 0 Å². The van der Waals surface area contributed by atoms with Crippen LogP contribution in [-0.4, -0.2) is 11.9 Å². The van der Waals surface area contributed by atoms with E-state index in [1.165, 1.54) is 0 Å². The molecular formula is C12H12BrClN2O. The lowest BCUT2D eigenvalue weighted by Crippen LogP contribution is -2.23. The Hall–Kier alpha value is -0.840. The number of benzene rings is 1. The smallest absolute Gasteiger partial charge is 0.231 e. The van der Waals surface area contributed by atoms with Crippen molar-refractivity contribution in [3.8, 4) is 0 Å². The second kappa shape index (κ2) is 5.21. The van der Waals surface area contributed by atoms with Gasteiger partial charge < -0.3 is 11.1 Å². The minimum absolute atomic E-state index is 0.0114. The van der Waals surface area contributed by atoms with Gasteiger partial charge >= 0.3 is 0 Å². The molecule has 0 saturated carbocycles. The second-order valence-corrected chi connectivity index (χ2v) is 5.27. The highest BCUT2D eigenvalue weighted by molar-refractivity contribution is 9.10. The summed E-state index contributed by atoms with van der Waals surface area (Å²) in [7, 11) is 0. The molecule has 3 N–H and O–H groups in total. The van der Waals surface area contributed by atoms with Crippen molar-refractivity contribution >= 4 is 39.1 Å². The maximum absolute atomic E-state index is 11.9. The molecule has 90 valence electrons. The summed E-state index contributed by atoms with van der Waals surface area (Å²) in [5, 5.41) is 3.45. The van der Waals surface area contributed by atoms with E-state index >= 15 is 0 Å². The van der Waals surface area contributed by atoms with Crippen molar-refractivity contribution in [3.63, 3.8) is 0 Å². The summed E-state index contributed by atoms with van der Waals surface area (Å²) in [6, 6.07) is 5.27. The SMILES string of the molecule is NC1C=CC(C(=O)Nc2ccc(Cl)c(Br)c2)C1. The van der Waals surface area contributed by atoms with Crippen LogP contribution >= 0.6 is 27.5 Å². The topological polar surface area (TPSA) is 55.1 Å². The summed E-state index contributed by atoms with van der Waals surface area (Å²) < 4.78 is 0.760. The Kier molecular flexibility index (Phi) is 3.86. The molecule has 5 heteroatoms. The number of nitrogens with two attached hydrogens (primary N) is 1. The lowest BCUT2D eigenvalue weighted by molar-refractivity contribution is -0.118. The Morgan fingerprint density at radius 3 is 2.82 bits per heavy atom. The van der Waals surface area contributed by atoms with Crippen molar-refractivity contribution in [1.82, 2.24) is 0 Å². The lowest BCUT2D eigenvalue weighted by atomic mass is 10.1. The van der Waals surface area contributed by atoms with Crippen molar-refractivity contribution in [2.24, 2.45) is 11.7 Å². The maximum Gasteiger partial charge on any atom is 0.231 e. The van der Waals surface area contributed by atoms with Gasteiger partial charge in [0.1, 0.15) is 0 Å². The molecule has 0 spiro atoms. The highest BCUT2D eigenvalue weighted by atomic mass is 79.9. The quantitative estimate of drug-likeness (QED) is 0.824. The molecule has 1 aromatic rings. The van der Waals surface area contributed by atoms with E-state index in [0.29, 0.717) is 11.4 Å². The predicted molar refractivity (Wildman–Crippen MR) is 73.0 cm³/mol. The van der Waals surface area contributed by atoms with Gasteiger partial charge in [0.15, 0.2) is 0 Å². The van der Waals surface area contributed by atoms with Crippen LogP contribution in [0.5, 0.6) is 0 Å². The van der Waals surface area contributed by atoms with Gasteiger partial charge in [-0.1, -0.05) is 23.8 Å². The van der Waals surface area contributed by atoms with Gasteiger partial charge in [-0.3, -0.25) is 4.79 Å². The Bertz CT molecular complexity index is 476. The lowest BCUT2D eigenvalue weighted by Gasteiger charge is -2.11. The summed E-state index contributed by atoms with van der Waals surface area (Å²) in [5.74, 6) is -0.178. The molecule has 2 rings (SSSR count). The molecule has 0 fully saturated rings. The molecule has 0 heterocycles. The zero-order chi connectivity index (χ0) is 12.4. The highest BCUT2D eigenvalue weighted by Crippen LogP contribution is 2.26. The van der Waals surface area contributed by atoms with E-state index < -0.39 is 0 Å². The van der Waals surface area contributed by atoms with Crippen LogP contribution in [0.2, 0.25) is 5.02 Å². The van der Waals surface area contributed by atoms with Gasteiger partial charge in [-0.25, -0.2) is 0 Å². The molecular weight excluding hydrogens is 304 g/mol. The van der Waals surface area contributed by atoms with Crippen LogP contribution in [0.25, 0.3) is 0 Å². The normalized spacial score (nSPS) is 22.8. The van der Waals surface area contributed by atoms with Crippen molar-refractivity contribution < 1.29 is 4.79 Å². The van der Waals surface area contributed by atoms with Gasteiger partial charge in [0.25, 0.3) is 0 Å². The van der Waals surface area contributed by atoms with Crippen LogP contribution in [0.1, 0.15) is 6.42 Å². The van der Waals surface area contributed by atoms with Gasteiger partial charge in [0, 0.05) is 16.2 Å². The summed E-state index contributed by atoms with van der Waals surface area (Å²) in [6.45, 7) is 0. The van der Waals surface area contributed by atoms with Gasteiger partial charge in [-0.2, -0.15) is 0 Å². The van der Waals surface area contributed by atoms with E-state index in [1.54, 1.807) is 18.2 Å². The third-order valence-corrected chi connectivity index (χ3v) is 3.85. The minimum atomic E-state index is -0.139. The fourth-order valence-corrected chi connectivity index (χ4v) is 2.23. The average molecular weight is 316 g/mol. The molecule has 3 nitrogen and oxygen atoms in total. The number of rotatable bonds is 2. The summed E-state index contributed by atoms with van der Waals surface area (Å²) in [5.41, 5.74) is 6.43. The molecule has 1 amide bonds. The van der Waals surface area contributed by atoms with Gasteiger partial charge in [-0.15, -0.1) is 0 Å². The number of amides is 1. The number of carbonyl (C=O) groups excluding carboxylic acids is 1. The largest absolute Gasteiger partial charge is 0.326 e. The first-order valence-corrected chi connectivity index (χ1v) is 6.43. The molecule has 2 unspecified atom stereocenters. The number of carbonyl (C=O) groups is 1. The van der Waals surface area contributed by atoms with Gasteiger partial charge in [0.2, 0.25) is 5.91 Å². The molecule has 0 aromatic heterocycles. The molecule has 1 aliphatic carbocycles. The molecule has 1 aromatic carbocycles. The molecule has 1 aliphatic rings. The van der Waals surface area contributed by atoms with Crippen molar-refractivity contribution in [2.75, 3.05) is 5.32 Å². The van der Waals surface area contributed by atoms with Gasteiger partial charge in [-0.05, 0) is 40.5 Å². The Morgan fingerprint density at radius 1 is 1.47 bits per heavy atom. The zero-order valence-electron chi connectivity index (χ0n) is 8.99. The average Bonchev–Trinajstić information content (AvgIpc) is 2.70. The standard InChI is InChI=1S/C12H12BrClN2O/c13-10-6-9(3-4-11(10)14)16-12(17)7-1-2-8(15)5-7/h1-4,6-8H,5,15H2,(H,16,17). The molecule has 0 bridgehead atoms.